The molecule has 0 bridgehead atoms. The number of nitrogens with zero attached hydrogens (tertiary/aromatic N) is 1. The highest BCUT2D eigenvalue weighted by Crippen LogP contribution is 2.14. The fraction of sp³-hybridized carbons (Fsp3) is 0.691. The molecule has 0 aliphatic rings. The first kappa shape index (κ1) is 60.5. The largest absolute Gasteiger partial charge is 0.545 e. The van der Waals surface area contributed by atoms with Gasteiger partial charge in [-0.25, -0.2) is 0 Å². The summed E-state index contributed by atoms with van der Waals surface area (Å²) in [7, 11) is 5.90. The van der Waals surface area contributed by atoms with Crippen molar-refractivity contribution in [2.24, 2.45) is 0 Å². The van der Waals surface area contributed by atoms with Crippen LogP contribution in [0.25, 0.3) is 0 Å². The summed E-state index contributed by atoms with van der Waals surface area (Å²) in [5, 5.41) is 11.7. The van der Waals surface area contributed by atoms with Gasteiger partial charge in [-0.1, -0.05) is 170 Å². The summed E-state index contributed by atoms with van der Waals surface area (Å²) in [4.78, 5) is 37.1. The van der Waals surface area contributed by atoms with Crippen LogP contribution in [0, 0.1) is 0 Å². The van der Waals surface area contributed by atoms with Crippen molar-refractivity contribution < 1.29 is 42.9 Å². The van der Waals surface area contributed by atoms with Crippen molar-refractivity contribution in [2.75, 3.05) is 47.5 Å². The summed E-state index contributed by atoms with van der Waals surface area (Å²) in [6, 6.07) is 0. The normalized spacial score (nSPS) is 13.6. The first-order valence-electron chi connectivity index (χ1n) is 25.2. The maximum atomic E-state index is 12.8. The van der Waals surface area contributed by atoms with Crippen LogP contribution in [0.5, 0.6) is 0 Å². The molecule has 0 heterocycles. The topological polar surface area (TPSA) is 111 Å². The van der Waals surface area contributed by atoms with Gasteiger partial charge in [0.15, 0.2) is 12.4 Å². The van der Waals surface area contributed by atoms with Crippen LogP contribution in [-0.4, -0.2) is 82.3 Å². The zero-order valence-corrected chi connectivity index (χ0v) is 41.4. The Morgan fingerprint density at radius 3 is 1.34 bits per heavy atom. The number of quaternary nitrogens is 1. The van der Waals surface area contributed by atoms with Crippen LogP contribution in [0.2, 0.25) is 0 Å². The molecular formula is C55H93NO8. The van der Waals surface area contributed by atoms with Gasteiger partial charge in [-0.15, -0.1) is 0 Å². The molecular weight excluding hydrogens is 803 g/mol. The van der Waals surface area contributed by atoms with E-state index in [1.165, 1.54) is 51.4 Å². The second-order valence-corrected chi connectivity index (χ2v) is 17.7. The lowest BCUT2D eigenvalue weighted by Crippen LogP contribution is -2.44. The van der Waals surface area contributed by atoms with Crippen molar-refractivity contribution in [3.05, 3.63) is 85.1 Å². The maximum Gasteiger partial charge on any atom is 0.306 e. The van der Waals surface area contributed by atoms with Gasteiger partial charge in [-0.3, -0.25) is 9.59 Å². The standard InChI is InChI=1S/C55H93NO8/c1-6-8-10-12-14-16-18-20-21-22-23-24-25-26-27-28-29-30-31-32-33-34-36-38-40-42-44-46-53(58)64-51(50-63-55(54(59)60)61-48-47-56(3,4)5)49-62-52(57)45-43-41-39-37-35-19-17-15-13-11-9-7-2/h8,10,14-17,20-21,23-24,26-27,29-30,51,55H,6-7,9,11-13,18-19,22,25,28,31-50H2,1-5H3/b10-8-,16-14-,17-15-,21-20-,24-23-,27-26-,30-29-. The average Bonchev–Trinajstić information content (AvgIpc) is 3.26. The Labute approximate surface area is 391 Å². The summed E-state index contributed by atoms with van der Waals surface area (Å²) < 4.78 is 22.6. The van der Waals surface area contributed by atoms with Crippen LogP contribution in [0.15, 0.2) is 85.1 Å². The lowest BCUT2D eigenvalue weighted by Gasteiger charge is -2.26. The predicted octanol–water partition coefficient (Wildman–Crippen LogP) is 12.7. The van der Waals surface area contributed by atoms with Crippen molar-refractivity contribution in [2.45, 2.75) is 200 Å². The average molecular weight is 896 g/mol. The molecule has 0 spiro atoms. The van der Waals surface area contributed by atoms with Crippen LogP contribution in [0.4, 0.5) is 0 Å². The lowest BCUT2D eigenvalue weighted by molar-refractivity contribution is -0.870. The number of carbonyl (C=O) groups is 3. The molecule has 0 aromatic heterocycles. The van der Waals surface area contributed by atoms with E-state index in [0.717, 1.165) is 103 Å². The molecule has 0 aliphatic carbocycles. The number of carbonyl (C=O) groups excluding carboxylic acids is 3. The zero-order valence-electron chi connectivity index (χ0n) is 41.4. The van der Waals surface area contributed by atoms with Crippen molar-refractivity contribution in [1.82, 2.24) is 0 Å². The third kappa shape index (κ3) is 46.5. The molecule has 0 aliphatic heterocycles. The number of esters is 2. The van der Waals surface area contributed by atoms with Gasteiger partial charge in [0.05, 0.1) is 40.3 Å². The summed E-state index contributed by atoms with van der Waals surface area (Å²) in [6.45, 7) is 4.56. The van der Waals surface area contributed by atoms with Gasteiger partial charge in [-0.05, 0) is 89.9 Å². The highest BCUT2D eigenvalue weighted by atomic mass is 16.7. The number of unbranched alkanes of at least 4 members (excludes halogenated alkanes) is 16. The Balaban J connectivity index is 4.32. The number of carboxylic acid groups (broad SMARTS) is 1. The Kier molecular flexibility index (Phi) is 43.5. The first-order valence-corrected chi connectivity index (χ1v) is 25.2. The van der Waals surface area contributed by atoms with Crippen LogP contribution in [0.1, 0.15) is 187 Å². The second-order valence-electron chi connectivity index (χ2n) is 17.7. The first-order chi connectivity index (χ1) is 31.1. The number of carboxylic acids is 1. The van der Waals surface area contributed by atoms with Gasteiger partial charge in [-0.2, -0.15) is 0 Å². The van der Waals surface area contributed by atoms with E-state index in [2.05, 4.69) is 98.9 Å². The van der Waals surface area contributed by atoms with Crippen LogP contribution < -0.4 is 5.11 Å². The molecule has 366 valence electrons. The number of hydrogen-bond acceptors (Lipinski definition) is 8. The van der Waals surface area contributed by atoms with E-state index in [-0.39, 0.29) is 38.6 Å². The summed E-state index contributed by atoms with van der Waals surface area (Å²) in [6.07, 6.45) is 56.2. The molecule has 0 saturated heterocycles. The SMILES string of the molecule is CC/C=C\C/C=C\C/C=C\C/C=C\C/C=C\C/C=C\CCCCCCCCCCC(=O)OC(COC(=O)CCCCCCC/C=C\CCCCC)COC(OCC[N+](C)(C)C)C(=O)[O-]. The van der Waals surface area contributed by atoms with E-state index in [1.807, 2.05) is 21.1 Å². The Hall–Kier alpha value is -3.53. The molecule has 0 fully saturated rings. The van der Waals surface area contributed by atoms with Gasteiger partial charge >= 0.3 is 11.9 Å². The molecule has 0 amide bonds. The minimum Gasteiger partial charge on any atom is -0.545 e. The summed E-state index contributed by atoms with van der Waals surface area (Å²) in [5.74, 6) is -2.32. The Bertz CT molecular complexity index is 1320. The summed E-state index contributed by atoms with van der Waals surface area (Å²) >= 11 is 0. The molecule has 64 heavy (non-hydrogen) atoms. The fourth-order valence-electron chi connectivity index (χ4n) is 6.47. The van der Waals surface area contributed by atoms with E-state index in [9.17, 15) is 19.5 Å². The third-order valence-electron chi connectivity index (χ3n) is 10.4. The number of ether oxygens (including phenoxy) is 4. The minimum atomic E-state index is -1.63. The van der Waals surface area contributed by atoms with Gasteiger partial charge in [0.1, 0.15) is 13.2 Å². The molecule has 0 rings (SSSR count). The molecule has 0 aromatic rings. The van der Waals surface area contributed by atoms with Crippen LogP contribution >= 0.6 is 0 Å². The van der Waals surface area contributed by atoms with E-state index in [4.69, 9.17) is 18.9 Å². The van der Waals surface area contributed by atoms with E-state index < -0.39 is 24.3 Å². The Morgan fingerprint density at radius 2 is 0.891 bits per heavy atom. The molecule has 0 N–H and O–H groups in total. The quantitative estimate of drug-likeness (QED) is 0.0195. The molecule has 2 atom stereocenters. The molecule has 0 aromatic carbocycles. The highest BCUT2D eigenvalue weighted by molar-refractivity contribution is 5.70. The smallest absolute Gasteiger partial charge is 0.306 e. The van der Waals surface area contributed by atoms with Crippen molar-refractivity contribution in [3.63, 3.8) is 0 Å². The van der Waals surface area contributed by atoms with Gasteiger partial charge < -0.3 is 33.3 Å². The molecule has 0 saturated carbocycles. The molecule has 9 heteroatoms. The van der Waals surface area contributed by atoms with E-state index >= 15 is 0 Å². The number of rotatable bonds is 45. The maximum absolute atomic E-state index is 12.8. The summed E-state index contributed by atoms with van der Waals surface area (Å²) in [5.41, 5.74) is 0. The predicted molar refractivity (Wildman–Crippen MR) is 264 cm³/mol. The van der Waals surface area contributed by atoms with Crippen LogP contribution in [-0.2, 0) is 33.3 Å². The number of likely N-dealkylation sites (N-methyl/N-ethyl adjacent to an activating group) is 1. The number of allylic oxidation sites excluding steroid dienone is 14. The third-order valence-corrected chi connectivity index (χ3v) is 10.4. The molecule has 2 unspecified atom stereocenters. The fourth-order valence-corrected chi connectivity index (χ4v) is 6.47. The second kappa shape index (κ2) is 46.0. The Morgan fingerprint density at radius 1 is 0.484 bits per heavy atom. The van der Waals surface area contributed by atoms with Crippen LogP contribution in [0.3, 0.4) is 0 Å². The highest BCUT2D eigenvalue weighted by Gasteiger charge is 2.21. The number of aliphatic carboxylic acids is 1. The van der Waals surface area contributed by atoms with Gasteiger partial charge in [0.2, 0.25) is 0 Å². The lowest BCUT2D eigenvalue weighted by atomic mass is 10.1. The van der Waals surface area contributed by atoms with E-state index in [1.54, 1.807) is 0 Å². The van der Waals surface area contributed by atoms with E-state index in [0.29, 0.717) is 17.4 Å². The number of hydrogen-bond donors (Lipinski definition) is 0. The van der Waals surface area contributed by atoms with Gasteiger partial charge in [0, 0.05) is 12.8 Å². The van der Waals surface area contributed by atoms with Crippen molar-refractivity contribution in [1.29, 1.82) is 0 Å². The van der Waals surface area contributed by atoms with Gasteiger partial charge in [0.25, 0.3) is 0 Å². The molecule has 9 nitrogen and oxygen atoms in total. The van der Waals surface area contributed by atoms with Crippen molar-refractivity contribution in [3.8, 4) is 0 Å². The molecule has 0 radical (unpaired) electrons. The minimum absolute atomic E-state index is 0.141. The monoisotopic (exact) mass is 896 g/mol. The zero-order chi connectivity index (χ0) is 47.0. The van der Waals surface area contributed by atoms with Crippen molar-refractivity contribution >= 4 is 17.9 Å².